The number of carbonyl (C=O) groups excluding carboxylic acids is 2. The van der Waals surface area contributed by atoms with E-state index < -0.39 is 52.7 Å². The first-order valence-corrected chi connectivity index (χ1v) is 10.1. The number of hydrogen-bond donors (Lipinski definition) is 1. The van der Waals surface area contributed by atoms with Crippen LogP contribution in [0.5, 0.6) is 0 Å². The highest BCUT2D eigenvalue weighted by molar-refractivity contribution is 6.03. The van der Waals surface area contributed by atoms with E-state index in [1.165, 1.54) is 19.9 Å². The van der Waals surface area contributed by atoms with E-state index in [9.17, 15) is 35.9 Å². The molecule has 0 aromatic heterocycles. The summed E-state index contributed by atoms with van der Waals surface area (Å²) in [5, 5.41) is 11.3. The molecule has 0 spiro atoms. The van der Waals surface area contributed by atoms with Crippen molar-refractivity contribution in [3.05, 3.63) is 76.0 Å². The molecular weight excluding hydrogens is 480 g/mol. The Morgan fingerprint density at radius 1 is 1.11 bits per heavy atom. The highest BCUT2D eigenvalue weighted by atomic mass is 19.4. The summed E-state index contributed by atoms with van der Waals surface area (Å²) in [7, 11) is 0. The van der Waals surface area contributed by atoms with Crippen LogP contribution in [0.3, 0.4) is 0 Å². The lowest BCUT2D eigenvalue weighted by Gasteiger charge is -2.36. The third-order valence-electron chi connectivity index (χ3n) is 5.21. The van der Waals surface area contributed by atoms with Crippen molar-refractivity contribution in [3.8, 4) is 6.07 Å². The van der Waals surface area contributed by atoms with Crippen LogP contribution in [0.2, 0.25) is 0 Å². The van der Waals surface area contributed by atoms with Crippen LogP contribution in [0.1, 0.15) is 42.1 Å². The van der Waals surface area contributed by atoms with Gasteiger partial charge in [-0.15, -0.1) is 0 Å². The van der Waals surface area contributed by atoms with E-state index in [1.807, 2.05) is 0 Å². The number of urea groups is 1. The lowest BCUT2D eigenvalue weighted by molar-refractivity contribution is -0.141. The third kappa shape index (κ3) is 5.08. The summed E-state index contributed by atoms with van der Waals surface area (Å²) < 4.78 is 86.0. The number of anilines is 1. The molecule has 1 aliphatic heterocycles. The highest BCUT2D eigenvalue weighted by Gasteiger charge is 2.43. The summed E-state index contributed by atoms with van der Waals surface area (Å²) in [6.07, 6.45) is -9.67. The second-order valence-corrected chi connectivity index (χ2v) is 7.40. The summed E-state index contributed by atoms with van der Waals surface area (Å²) in [5.74, 6) is -1.07. The molecule has 184 valence electrons. The zero-order chi connectivity index (χ0) is 26.1. The van der Waals surface area contributed by atoms with Gasteiger partial charge in [-0.1, -0.05) is 12.1 Å². The van der Waals surface area contributed by atoms with Crippen molar-refractivity contribution in [2.75, 3.05) is 11.5 Å². The third-order valence-corrected chi connectivity index (χ3v) is 5.21. The maximum Gasteiger partial charge on any atom is 0.416 e. The molecule has 0 fully saturated rings. The van der Waals surface area contributed by atoms with Crippen molar-refractivity contribution in [3.63, 3.8) is 0 Å². The van der Waals surface area contributed by atoms with Gasteiger partial charge in [0, 0.05) is 5.70 Å². The number of esters is 1. The molecule has 0 bridgehead atoms. The van der Waals surface area contributed by atoms with Crippen LogP contribution < -0.4 is 10.2 Å². The van der Waals surface area contributed by atoms with Crippen molar-refractivity contribution >= 4 is 17.7 Å². The van der Waals surface area contributed by atoms with Crippen molar-refractivity contribution in [2.24, 2.45) is 0 Å². The fourth-order valence-electron chi connectivity index (χ4n) is 3.70. The van der Waals surface area contributed by atoms with Crippen LogP contribution in [0.25, 0.3) is 0 Å². The van der Waals surface area contributed by atoms with Gasteiger partial charge in [0.1, 0.15) is 0 Å². The van der Waals surface area contributed by atoms with Gasteiger partial charge in [-0.05, 0) is 49.7 Å². The van der Waals surface area contributed by atoms with Gasteiger partial charge >= 0.3 is 24.4 Å². The van der Waals surface area contributed by atoms with Crippen molar-refractivity contribution < 1.29 is 40.7 Å². The van der Waals surface area contributed by atoms with Crippen molar-refractivity contribution in [1.82, 2.24) is 5.32 Å². The van der Waals surface area contributed by atoms with E-state index in [0.717, 1.165) is 29.2 Å². The number of hydrogen-bond acceptors (Lipinski definition) is 4. The molecule has 1 aliphatic rings. The average molecular weight is 497 g/mol. The zero-order valence-corrected chi connectivity index (χ0v) is 18.2. The number of halogens is 6. The first-order chi connectivity index (χ1) is 16.3. The smallest absolute Gasteiger partial charge is 0.416 e. The second-order valence-electron chi connectivity index (χ2n) is 7.40. The highest BCUT2D eigenvalue weighted by Crippen LogP contribution is 2.41. The van der Waals surface area contributed by atoms with Gasteiger partial charge in [-0.25, -0.2) is 9.59 Å². The summed E-state index contributed by atoms with van der Waals surface area (Å²) in [6.45, 7) is 2.52. The fourth-order valence-corrected chi connectivity index (χ4v) is 3.70. The molecule has 0 radical (unpaired) electrons. The van der Waals surface area contributed by atoms with Gasteiger partial charge in [0.15, 0.2) is 0 Å². The predicted octanol–water partition coefficient (Wildman–Crippen LogP) is 5.70. The van der Waals surface area contributed by atoms with E-state index in [4.69, 9.17) is 10.00 Å². The topological polar surface area (TPSA) is 82.4 Å². The summed E-state index contributed by atoms with van der Waals surface area (Å²) in [6, 6.07) is 5.22. The van der Waals surface area contributed by atoms with Gasteiger partial charge in [0.2, 0.25) is 0 Å². The zero-order valence-electron chi connectivity index (χ0n) is 18.2. The number of allylic oxidation sites excluding steroid dienone is 1. The Hall–Kier alpha value is -4.01. The molecule has 2 aromatic carbocycles. The number of carbonyl (C=O) groups is 2. The monoisotopic (exact) mass is 497 g/mol. The Labute approximate surface area is 195 Å². The Balaban J connectivity index is 2.24. The van der Waals surface area contributed by atoms with Gasteiger partial charge in [-0.3, -0.25) is 4.90 Å². The van der Waals surface area contributed by atoms with E-state index in [2.05, 4.69) is 5.32 Å². The summed E-state index contributed by atoms with van der Waals surface area (Å²) >= 11 is 0. The maximum atomic E-state index is 13.8. The predicted molar refractivity (Wildman–Crippen MR) is 111 cm³/mol. The molecular formula is C23H17F6N3O3. The number of nitriles is 1. The molecule has 2 amide bonds. The normalized spacial score (nSPS) is 16.6. The van der Waals surface area contributed by atoms with Crippen molar-refractivity contribution in [2.45, 2.75) is 32.2 Å². The first kappa shape index (κ1) is 25.6. The van der Waals surface area contributed by atoms with Crippen LogP contribution in [0.4, 0.5) is 36.8 Å². The largest absolute Gasteiger partial charge is 0.463 e. The second kappa shape index (κ2) is 9.32. The fraction of sp³-hybridized carbons (Fsp3) is 0.261. The van der Waals surface area contributed by atoms with Gasteiger partial charge in [0.05, 0.1) is 46.7 Å². The number of nitrogens with zero attached hydrogens (tertiary/aromatic N) is 2. The number of nitrogens with one attached hydrogen (secondary N) is 1. The molecule has 1 unspecified atom stereocenters. The molecule has 3 rings (SSSR count). The van der Waals surface area contributed by atoms with Gasteiger partial charge < -0.3 is 10.1 Å². The van der Waals surface area contributed by atoms with E-state index in [-0.39, 0.29) is 23.6 Å². The van der Waals surface area contributed by atoms with Gasteiger partial charge in [0.25, 0.3) is 0 Å². The molecule has 1 heterocycles. The number of benzene rings is 2. The number of alkyl halides is 6. The van der Waals surface area contributed by atoms with E-state index in [1.54, 1.807) is 6.07 Å². The minimum absolute atomic E-state index is 0.153. The Bertz CT molecular complexity index is 1240. The van der Waals surface area contributed by atoms with E-state index >= 15 is 0 Å². The molecule has 0 saturated carbocycles. The summed E-state index contributed by atoms with van der Waals surface area (Å²) in [5.41, 5.74) is -4.03. The molecule has 35 heavy (non-hydrogen) atoms. The number of rotatable bonds is 4. The quantitative estimate of drug-likeness (QED) is 0.434. The lowest BCUT2D eigenvalue weighted by Crippen LogP contribution is -2.48. The van der Waals surface area contributed by atoms with Crippen LogP contribution in [0, 0.1) is 11.3 Å². The van der Waals surface area contributed by atoms with Gasteiger partial charge in [-0.2, -0.15) is 31.6 Å². The van der Waals surface area contributed by atoms with Crippen molar-refractivity contribution in [1.29, 1.82) is 5.26 Å². The molecule has 6 nitrogen and oxygen atoms in total. The Kier molecular flexibility index (Phi) is 6.82. The molecule has 12 heteroatoms. The standard InChI is InChI=1S/C23H17F6N3O3/c1-3-35-20(33)18-12(2)32(15-6-4-5-14(10-15)22(24,25)26)21(34)31-19(18)16-8-7-13(11-30)9-17(16)23(27,28)29/h4-10,19H,3H2,1-2H3,(H,31,34). The molecule has 0 aliphatic carbocycles. The SMILES string of the molecule is CCOC(=O)C1=C(C)N(c2cccc(C(F)(F)F)c2)C(=O)NC1c1ccc(C#N)cc1C(F)(F)F. The summed E-state index contributed by atoms with van der Waals surface area (Å²) in [4.78, 5) is 26.5. The van der Waals surface area contributed by atoms with Crippen LogP contribution in [-0.2, 0) is 21.9 Å². The lowest BCUT2D eigenvalue weighted by atomic mass is 9.90. The Morgan fingerprint density at radius 3 is 2.37 bits per heavy atom. The average Bonchev–Trinajstić information content (AvgIpc) is 2.77. The first-order valence-electron chi connectivity index (χ1n) is 10.1. The van der Waals surface area contributed by atoms with E-state index in [0.29, 0.717) is 12.1 Å². The number of ether oxygens (including phenoxy) is 1. The maximum absolute atomic E-state index is 13.8. The van der Waals surface area contributed by atoms with Crippen LogP contribution in [-0.4, -0.2) is 18.6 Å². The number of amides is 2. The molecule has 2 aromatic rings. The molecule has 1 atom stereocenters. The minimum Gasteiger partial charge on any atom is -0.463 e. The minimum atomic E-state index is -4.95. The molecule has 0 saturated heterocycles. The van der Waals surface area contributed by atoms with Crippen LogP contribution >= 0.6 is 0 Å². The van der Waals surface area contributed by atoms with Crippen LogP contribution in [0.15, 0.2) is 53.7 Å². The Morgan fingerprint density at radius 2 is 1.80 bits per heavy atom. The molecule has 1 N–H and O–H groups in total.